The highest BCUT2D eigenvalue weighted by atomic mass is 32.2. The molecular weight excluding hydrogens is 318 g/mol. The van der Waals surface area contributed by atoms with E-state index in [1.54, 1.807) is 7.05 Å². The lowest BCUT2D eigenvalue weighted by Crippen LogP contribution is -2.40. The van der Waals surface area contributed by atoms with Crippen molar-refractivity contribution in [3.63, 3.8) is 0 Å². The number of aryl methyl sites for hydroxylation is 1. The van der Waals surface area contributed by atoms with Crippen LogP contribution in [0, 0.1) is 6.92 Å². The molecule has 4 nitrogen and oxygen atoms in total. The van der Waals surface area contributed by atoms with E-state index < -0.39 is 10.8 Å². The van der Waals surface area contributed by atoms with Crippen LogP contribution in [0.15, 0.2) is 64.5 Å². The third-order valence-corrected chi connectivity index (χ3v) is 5.19. The van der Waals surface area contributed by atoms with Crippen molar-refractivity contribution in [1.29, 1.82) is 0 Å². The predicted octanol–water partition coefficient (Wildman–Crippen LogP) is 3.03. The molecule has 2 unspecified atom stereocenters. The molecule has 0 radical (unpaired) electrons. The molecule has 0 bridgehead atoms. The fourth-order valence-electron chi connectivity index (χ4n) is 2.50. The Morgan fingerprint density at radius 2 is 1.79 bits per heavy atom. The minimum absolute atomic E-state index is 0.150. The Hall–Kier alpha value is -2.14. The molecule has 0 saturated carbocycles. The summed E-state index contributed by atoms with van der Waals surface area (Å²) in [6.45, 7) is 4.81. The van der Waals surface area contributed by atoms with E-state index in [-0.39, 0.29) is 6.04 Å². The van der Waals surface area contributed by atoms with E-state index in [0.29, 0.717) is 12.3 Å². The van der Waals surface area contributed by atoms with E-state index in [4.69, 9.17) is 0 Å². The quantitative estimate of drug-likeness (QED) is 0.626. The molecule has 128 valence electrons. The first-order valence-corrected chi connectivity index (χ1v) is 9.40. The minimum Gasteiger partial charge on any atom is -0.355 e. The first-order chi connectivity index (χ1) is 11.6. The molecule has 24 heavy (non-hydrogen) atoms. The Bertz CT molecular complexity index is 701. The first kappa shape index (κ1) is 18.2. The molecule has 0 spiro atoms. The van der Waals surface area contributed by atoms with Gasteiger partial charge in [0.2, 0.25) is 0 Å². The zero-order valence-electron chi connectivity index (χ0n) is 14.5. The van der Waals surface area contributed by atoms with E-state index >= 15 is 0 Å². The number of nitrogens with zero attached hydrogens (tertiary/aromatic N) is 1. The van der Waals surface area contributed by atoms with Gasteiger partial charge < -0.3 is 10.6 Å². The molecule has 0 fully saturated rings. The second kappa shape index (κ2) is 9.23. The molecule has 0 amide bonds. The van der Waals surface area contributed by atoms with Gasteiger partial charge in [-0.25, -0.2) is 0 Å². The third-order valence-electron chi connectivity index (χ3n) is 3.82. The van der Waals surface area contributed by atoms with Crippen molar-refractivity contribution in [2.75, 3.05) is 19.3 Å². The lowest BCUT2D eigenvalue weighted by Gasteiger charge is -2.19. The lowest BCUT2D eigenvalue weighted by molar-refractivity contribution is 0.675. The highest BCUT2D eigenvalue weighted by Gasteiger charge is 2.10. The Labute approximate surface area is 146 Å². The van der Waals surface area contributed by atoms with Crippen LogP contribution in [0.5, 0.6) is 0 Å². The van der Waals surface area contributed by atoms with Crippen LogP contribution in [0.3, 0.4) is 0 Å². The van der Waals surface area contributed by atoms with Crippen LogP contribution < -0.4 is 10.6 Å². The summed E-state index contributed by atoms with van der Waals surface area (Å²) < 4.78 is 12.2. The molecule has 0 heterocycles. The Kier molecular flexibility index (Phi) is 7.00. The van der Waals surface area contributed by atoms with Gasteiger partial charge in [-0.3, -0.25) is 9.20 Å². The molecule has 5 heteroatoms. The van der Waals surface area contributed by atoms with Crippen molar-refractivity contribution in [1.82, 2.24) is 10.6 Å². The zero-order valence-corrected chi connectivity index (χ0v) is 15.3. The van der Waals surface area contributed by atoms with Crippen LogP contribution in [0.1, 0.15) is 24.1 Å². The molecule has 0 aromatic heterocycles. The third kappa shape index (κ3) is 5.20. The summed E-state index contributed by atoms with van der Waals surface area (Å²) in [4.78, 5) is 5.11. The maximum Gasteiger partial charge on any atom is 0.191 e. The van der Waals surface area contributed by atoms with Crippen molar-refractivity contribution in [3.8, 4) is 0 Å². The van der Waals surface area contributed by atoms with E-state index in [1.165, 1.54) is 11.1 Å². The summed E-state index contributed by atoms with van der Waals surface area (Å²) >= 11 is 0. The minimum atomic E-state index is -0.999. The van der Waals surface area contributed by atoms with Crippen molar-refractivity contribution in [3.05, 3.63) is 65.7 Å². The van der Waals surface area contributed by atoms with Gasteiger partial charge in [-0.1, -0.05) is 42.5 Å². The topological polar surface area (TPSA) is 53.5 Å². The molecule has 2 aromatic carbocycles. The summed E-state index contributed by atoms with van der Waals surface area (Å²) in [6.07, 6.45) is 0. The van der Waals surface area contributed by atoms with Gasteiger partial charge in [0.05, 0.1) is 16.8 Å². The zero-order chi connectivity index (χ0) is 17.4. The molecule has 2 rings (SSSR count). The van der Waals surface area contributed by atoms with E-state index in [9.17, 15) is 4.21 Å². The predicted molar refractivity (Wildman–Crippen MR) is 102 cm³/mol. The Balaban J connectivity index is 1.85. The van der Waals surface area contributed by atoms with Crippen molar-refractivity contribution in [2.24, 2.45) is 4.99 Å². The largest absolute Gasteiger partial charge is 0.355 e. The number of guanidine groups is 1. The first-order valence-electron chi connectivity index (χ1n) is 8.08. The summed E-state index contributed by atoms with van der Waals surface area (Å²) in [5.74, 6) is 1.26. The number of hydrogen-bond acceptors (Lipinski definition) is 2. The van der Waals surface area contributed by atoms with Gasteiger partial charge in [-0.05, 0) is 37.1 Å². The van der Waals surface area contributed by atoms with Gasteiger partial charge in [0.25, 0.3) is 0 Å². The van der Waals surface area contributed by atoms with E-state index in [0.717, 1.165) is 10.9 Å². The molecule has 2 aromatic rings. The Morgan fingerprint density at radius 1 is 1.12 bits per heavy atom. The van der Waals surface area contributed by atoms with Crippen LogP contribution in [-0.4, -0.2) is 29.5 Å². The van der Waals surface area contributed by atoms with E-state index in [2.05, 4.69) is 41.6 Å². The number of rotatable bonds is 6. The maximum atomic E-state index is 12.2. The molecule has 0 aliphatic carbocycles. The molecule has 0 aliphatic rings. The standard InChI is InChI=1S/C19H25N3OS/c1-15-9-7-8-12-18(15)16(2)22-19(20-3)21-13-14-24(23)17-10-5-4-6-11-17/h4-12,16H,13-14H2,1-3H3,(H2,20,21,22). The second-order valence-corrected chi connectivity index (χ2v) is 7.15. The van der Waals surface area contributed by atoms with Crippen molar-refractivity contribution in [2.45, 2.75) is 24.8 Å². The second-order valence-electron chi connectivity index (χ2n) is 5.58. The summed E-state index contributed by atoms with van der Waals surface area (Å²) in [5, 5.41) is 6.61. The molecule has 0 saturated heterocycles. The molecule has 0 aliphatic heterocycles. The van der Waals surface area contributed by atoms with Gasteiger partial charge in [0.15, 0.2) is 5.96 Å². The van der Waals surface area contributed by atoms with Crippen LogP contribution in [-0.2, 0) is 10.8 Å². The number of benzene rings is 2. The van der Waals surface area contributed by atoms with Crippen LogP contribution >= 0.6 is 0 Å². The summed E-state index contributed by atoms with van der Waals surface area (Å²) in [6, 6.07) is 18.0. The molecule has 2 atom stereocenters. The SMILES string of the molecule is CN=C(NCCS(=O)c1ccccc1)NC(C)c1ccccc1C. The molecule has 2 N–H and O–H groups in total. The Morgan fingerprint density at radius 3 is 2.46 bits per heavy atom. The molecular formula is C19H25N3OS. The monoisotopic (exact) mass is 343 g/mol. The number of hydrogen-bond donors (Lipinski definition) is 2. The van der Waals surface area contributed by atoms with Crippen LogP contribution in [0.2, 0.25) is 0 Å². The van der Waals surface area contributed by atoms with Crippen molar-refractivity contribution >= 4 is 16.8 Å². The highest BCUT2D eigenvalue weighted by molar-refractivity contribution is 7.85. The normalized spacial score (nSPS) is 14.0. The maximum absolute atomic E-state index is 12.2. The highest BCUT2D eigenvalue weighted by Crippen LogP contribution is 2.16. The van der Waals surface area contributed by atoms with Crippen LogP contribution in [0.4, 0.5) is 0 Å². The smallest absolute Gasteiger partial charge is 0.191 e. The van der Waals surface area contributed by atoms with E-state index in [1.807, 2.05) is 42.5 Å². The fraction of sp³-hybridized carbons (Fsp3) is 0.316. The van der Waals surface area contributed by atoms with Crippen molar-refractivity contribution < 1.29 is 4.21 Å². The summed E-state index contributed by atoms with van der Waals surface area (Å²) in [7, 11) is 0.745. The fourth-order valence-corrected chi connectivity index (χ4v) is 3.49. The summed E-state index contributed by atoms with van der Waals surface area (Å²) in [5.41, 5.74) is 2.49. The lowest BCUT2D eigenvalue weighted by atomic mass is 10.0. The number of aliphatic imine (C=N–C) groups is 1. The average Bonchev–Trinajstić information content (AvgIpc) is 2.61. The van der Waals surface area contributed by atoms with Gasteiger partial charge in [-0.2, -0.15) is 0 Å². The van der Waals surface area contributed by atoms with Gasteiger partial charge in [0, 0.05) is 24.2 Å². The van der Waals surface area contributed by atoms with Gasteiger partial charge >= 0.3 is 0 Å². The average molecular weight is 343 g/mol. The van der Waals surface area contributed by atoms with Crippen LogP contribution in [0.25, 0.3) is 0 Å². The number of nitrogens with one attached hydrogen (secondary N) is 2. The van der Waals surface area contributed by atoms with Gasteiger partial charge in [0.1, 0.15) is 0 Å². The van der Waals surface area contributed by atoms with Gasteiger partial charge in [-0.15, -0.1) is 0 Å².